The molecule has 0 aliphatic rings. The van der Waals surface area contributed by atoms with Gasteiger partial charge in [-0.25, -0.2) is 0 Å². The van der Waals surface area contributed by atoms with Crippen LogP contribution in [-0.2, 0) is 6.54 Å². The number of hydrogen-bond acceptors (Lipinski definition) is 4. The lowest BCUT2D eigenvalue weighted by atomic mass is 10.2. The zero-order valence-electron chi connectivity index (χ0n) is 10.3. The topological polar surface area (TPSA) is 61.0 Å². The molecular weight excluding hydrogens is 238 g/mol. The average Bonchev–Trinajstić information content (AvgIpc) is 2.48. The van der Waals surface area contributed by atoms with Gasteiger partial charge in [-0.05, 0) is 23.8 Å². The highest BCUT2D eigenvalue weighted by Crippen LogP contribution is 2.26. The first-order valence-electron chi connectivity index (χ1n) is 6.04. The van der Waals surface area contributed by atoms with E-state index in [9.17, 15) is 0 Å². The summed E-state index contributed by atoms with van der Waals surface area (Å²) in [4.78, 5) is 0. The van der Waals surface area contributed by atoms with Gasteiger partial charge < -0.3 is 10.5 Å². The highest BCUT2D eigenvalue weighted by Gasteiger charge is 2.05. The predicted octanol–water partition coefficient (Wildman–Crippen LogP) is 2.88. The predicted molar refractivity (Wildman–Crippen MR) is 73.9 cm³/mol. The zero-order valence-corrected chi connectivity index (χ0v) is 10.3. The molecule has 0 aliphatic carbocycles. The molecule has 1 aromatic heterocycles. The molecular formula is C15H13N3O. The van der Waals surface area contributed by atoms with Gasteiger partial charge in [0.15, 0.2) is 0 Å². The highest BCUT2D eigenvalue weighted by molar-refractivity contribution is 5.85. The van der Waals surface area contributed by atoms with Crippen molar-refractivity contribution in [2.45, 2.75) is 6.54 Å². The smallest absolute Gasteiger partial charge is 0.246 e. The van der Waals surface area contributed by atoms with Crippen molar-refractivity contribution < 1.29 is 4.74 Å². The summed E-state index contributed by atoms with van der Waals surface area (Å²) in [7, 11) is 0. The molecule has 1 heterocycles. The minimum Gasteiger partial charge on any atom is -0.437 e. The summed E-state index contributed by atoms with van der Waals surface area (Å²) in [6.07, 6.45) is 1.72. The third kappa shape index (κ3) is 2.39. The van der Waals surface area contributed by atoms with Crippen LogP contribution < -0.4 is 10.5 Å². The molecule has 0 spiro atoms. The number of nitrogens with zero attached hydrogens (tertiary/aromatic N) is 2. The molecule has 2 aromatic carbocycles. The summed E-state index contributed by atoms with van der Waals surface area (Å²) < 4.78 is 5.78. The third-order valence-electron chi connectivity index (χ3n) is 2.91. The molecule has 0 saturated carbocycles. The fraction of sp³-hybridized carbons (Fsp3) is 0.0667. The molecule has 0 fully saturated rings. The lowest BCUT2D eigenvalue weighted by Crippen LogP contribution is -1.96. The van der Waals surface area contributed by atoms with Crippen molar-refractivity contribution in [3.8, 4) is 11.6 Å². The highest BCUT2D eigenvalue weighted by atomic mass is 16.5. The molecule has 0 amide bonds. The zero-order chi connectivity index (χ0) is 13.1. The molecule has 0 radical (unpaired) electrons. The van der Waals surface area contributed by atoms with E-state index < -0.39 is 0 Å². The van der Waals surface area contributed by atoms with Gasteiger partial charge in [-0.2, -0.15) is 5.10 Å². The molecule has 2 N–H and O–H groups in total. The second-order valence-corrected chi connectivity index (χ2v) is 4.19. The van der Waals surface area contributed by atoms with E-state index in [1.54, 1.807) is 6.20 Å². The van der Waals surface area contributed by atoms with Crippen LogP contribution in [-0.4, -0.2) is 10.2 Å². The van der Waals surface area contributed by atoms with Crippen LogP contribution in [0.1, 0.15) is 5.56 Å². The lowest BCUT2D eigenvalue weighted by Gasteiger charge is -2.07. The van der Waals surface area contributed by atoms with Crippen molar-refractivity contribution in [1.82, 2.24) is 10.2 Å². The van der Waals surface area contributed by atoms with Gasteiger partial charge in [0, 0.05) is 17.3 Å². The maximum Gasteiger partial charge on any atom is 0.246 e. The fourth-order valence-electron chi connectivity index (χ4n) is 1.88. The van der Waals surface area contributed by atoms with Crippen molar-refractivity contribution >= 4 is 10.8 Å². The number of benzene rings is 2. The van der Waals surface area contributed by atoms with Crippen LogP contribution in [0.15, 0.2) is 54.7 Å². The van der Waals surface area contributed by atoms with Crippen LogP contribution in [0.25, 0.3) is 10.8 Å². The standard InChI is InChI=1S/C15H13N3O/c16-9-11-5-7-13(8-6-11)19-15-14-4-2-1-3-12(14)10-17-18-15/h1-8,10H,9,16H2. The fourth-order valence-corrected chi connectivity index (χ4v) is 1.88. The molecule has 4 nitrogen and oxygen atoms in total. The van der Waals surface area contributed by atoms with E-state index in [0.29, 0.717) is 12.4 Å². The molecule has 0 unspecified atom stereocenters. The van der Waals surface area contributed by atoms with Gasteiger partial charge >= 0.3 is 0 Å². The minimum absolute atomic E-state index is 0.513. The van der Waals surface area contributed by atoms with E-state index in [-0.39, 0.29) is 0 Å². The molecule has 0 saturated heterocycles. The van der Waals surface area contributed by atoms with E-state index in [1.165, 1.54) is 0 Å². The van der Waals surface area contributed by atoms with Crippen molar-refractivity contribution in [1.29, 1.82) is 0 Å². The second kappa shape index (κ2) is 5.04. The Labute approximate surface area is 110 Å². The molecule has 19 heavy (non-hydrogen) atoms. The summed E-state index contributed by atoms with van der Waals surface area (Å²) in [5.74, 6) is 1.24. The first kappa shape index (κ1) is 11.6. The largest absolute Gasteiger partial charge is 0.437 e. The van der Waals surface area contributed by atoms with Crippen LogP contribution in [0.4, 0.5) is 0 Å². The van der Waals surface area contributed by atoms with Crippen LogP contribution in [0, 0.1) is 0 Å². The Bertz CT molecular complexity index is 690. The number of fused-ring (bicyclic) bond motifs is 1. The molecule has 0 bridgehead atoms. The third-order valence-corrected chi connectivity index (χ3v) is 2.91. The van der Waals surface area contributed by atoms with E-state index in [1.807, 2.05) is 48.5 Å². The Balaban J connectivity index is 1.96. The van der Waals surface area contributed by atoms with Crippen LogP contribution in [0.3, 0.4) is 0 Å². The van der Waals surface area contributed by atoms with Gasteiger partial charge in [-0.15, -0.1) is 5.10 Å². The number of ether oxygens (including phenoxy) is 1. The Hall–Kier alpha value is -2.46. The van der Waals surface area contributed by atoms with Crippen molar-refractivity contribution in [3.63, 3.8) is 0 Å². The Morgan fingerprint density at radius 3 is 2.58 bits per heavy atom. The SMILES string of the molecule is NCc1ccc(Oc2nncc3ccccc23)cc1. The summed E-state index contributed by atoms with van der Waals surface area (Å²) >= 11 is 0. The number of hydrogen-bond donors (Lipinski definition) is 1. The van der Waals surface area contributed by atoms with Crippen molar-refractivity contribution in [3.05, 3.63) is 60.3 Å². The Kier molecular flexibility index (Phi) is 3.08. The summed E-state index contributed by atoms with van der Waals surface area (Å²) in [6.45, 7) is 0.522. The van der Waals surface area contributed by atoms with Gasteiger partial charge in [0.2, 0.25) is 5.88 Å². The van der Waals surface area contributed by atoms with Crippen molar-refractivity contribution in [2.24, 2.45) is 5.73 Å². The van der Waals surface area contributed by atoms with E-state index in [4.69, 9.17) is 10.5 Å². The molecule has 3 rings (SSSR count). The van der Waals surface area contributed by atoms with Crippen LogP contribution in [0.2, 0.25) is 0 Å². The van der Waals surface area contributed by atoms with Crippen LogP contribution >= 0.6 is 0 Å². The summed E-state index contributed by atoms with van der Waals surface area (Å²) in [6, 6.07) is 15.5. The second-order valence-electron chi connectivity index (χ2n) is 4.19. The van der Waals surface area contributed by atoms with Gasteiger partial charge in [0.25, 0.3) is 0 Å². The molecule has 4 heteroatoms. The van der Waals surface area contributed by atoms with E-state index >= 15 is 0 Å². The van der Waals surface area contributed by atoms with Gasteiger partial charge in [-0.1, -0.05) is 30.3 Å². The number of rotatable bonds is 3. The average molecular weight is 251 g/mol. The van der Waals surface area contributed by atoms with Crippen molar-refractivity contribution in [2.75, 3.05) is 0 Å². The Morgan fingerprint density at radius 1 is 1.00 bits per heavy atom. The van der Waals surface area contributed by atoms with E-state index in [0.717, 1.165) is 22.1 Å². The summed E-state index contributed by atoms with van der Waals surface area (Å²) in [5, 5.41) is 9.95. The lowest BCUT2D eigenvalue weighted by molar-refractivity contribution is 0.461. The van der Waals surface area contributed by atoms with Crippen LogP contribution in [0.5, 0.6) is 11.6 Å². The Morgan fingerprint density at radius 2 is 1.79 bits per heavy atom. The molecule has 0 aliphatic heterocycles. The maximum absolute atomic E-state index is 5.78. The first-order valence-corrected chi connectivity index (χ1v) is 6.04. The normalized spacial score (nSPS) is 10.6. The maximum atomic E-state index is 5.78. The van der Waals surface area contributed by atoms with Gasteiger partial charge in [0.05, 0.1) is 6.20 Å². The summed E-state index contributed by atoms with van der Waals surface area (Å²) in [5.41, 5.74) is 6.63. The van der Waals surface area contributed by atoms with Gasteiger partial charge in [-0.3, -0.25) is 0 Å². The molecule has 94 valence electrons. The number of nitrogens with two attached hydrogens (primary N) is 1. The number of aromatic nitrogens is 2. The minimum atomic E-state index is 0.513. The first-order chi connectivity index (χ1) is 9.36. The van der Waals surface area contributed by atoms with Gasteiger partial charge in [0.1, 0.15) is 5.75 Å². The monoisotopic (exact) mass is 251 g/mol. The molecule has 3 aromatic rings. The quantitative estimate of drug-likeness (QED) is 0.777. The van der Waals surface area contributed by atoms with E-state index in [2.05, 4.69) is 10.2 Å². The molecule has 0 atom stereocenters.